The second-order valence-corrected chi connectivity index (χ2v) is 5.72. The summed E-state index contributed by atoms with van der Waals surface area (Å²) in [6, 6.07) is 13.5. The Kier molecular flexibility index (Phi) is 5.40. The molecule has 2 nitrogen and oxygen atoms in total. The third kappa shape index (κ3) is 3.77. The van der Waals surface area contributed by atoms with Crippen LogP contribution >= 0.6 is 11.6 Å². The molecule has 2 aromatic carbocycles. The zero-order chi connectivity index (χ0) is 16.1. The smallest absolute Gasteiger partial charge is 0.224 e. The van der Waals surface area contributed by atoms with E-state index < -0.39 is 0 Å². The van der Waals surface area contributed by atoms with Crippen molar-refractivity contribution < 1.29 is 4.79 Å². The van der Waals surface area contributed by atoms with E-state index >= 15 is 0 Å². The molecular weight excluding hydrogens is 294 g/mol. The van der Waals surface area contributed by atoms with Crippen molar-refractivity contribution in [2.75, 3.05) is 5.32 Å². The minimum absolute atomic E-state index is 0.00339. The largest absolute Gasteiger partial charge is 0.326 e. The number of halogens is 1. The monoisotopic (exact) mass is 313 g/mol. The average Bonchev–Trinajstić information content (AvgIpc) is 2.49. The summed E-state index contributed by atoms with van der Waals surface area (Å²) in [5.74, 6) is 0.00339. The van der Waals surface area contributed by atoms with Gasteiger partial charge in [0, 0.05) is 22.7 Å². The van der Waals surface area contributed by atoms with Crippen LogP contribution in [0, 0.1) is 6.92 Å². The molecule has 0 aliphatic rings. The van der Waals surface area contributed by atoms with Gasteiger partial charge in [-0.05, 0) is 48.2 Å². The van der Waals surface area contributed by atoms with Crippen molar-refractivity contribution >= 4 is 28.8 Å². The molecule has 0 aromatic heterocycles. The van der Waals surface area contributed by atoms with Crippen molar-refractivity contribution in [1.29, 1.82) is 0 Å². The van der Waals surface area contributed by atoms with Crippen LogP contribution in [-0.4, -0.2) is 5.91 Å². The minimum atomic E-state index is 0.00339. The molecule has 0 aliphatic heterocycles. The van der Waals surface area contributed by atoms with Crippen LogP contribution in [0.25, 0.3) is 5.57 Å². The van der Waals surface area contributed by atoms with Gasteiger partial charge in [-0.25, -0.2) is 0 Å². The lowest BCUT2D eigenvalue weighted by Gasteiger charge is -2.15. The van der Waals surface area contributed by atoms with Crippen LogP contribution in [0.1, 0.15) is 36.5 Å². The van der Waals surface area contributed by atoms with Gasteiger partial charge in [0.25, 0.3) is 0 Å². The summed E-state index contributed by atoms with van der Waals surface area (Å²) in [6.45, 7) is 8.22. The van der Waals surface area contributed by atoms with Gasteiger partial charge in [0.2, 0.25) is 5.91 Å². The number of rotatable bonds is 5. The van der Waals surface area contributed by atoms with Gasteiger partial charge >= 0.3 is 0 Å². The fourth-order valence-corrected chi connectivity index (χ4v) is 2.54. The number of amides is 1. The molecule has 2 aromatic rings. The van der Waals surface area contributed by atoms with E-state index in [4.69, 9.17) is 11.6 Å². The number of aryl methyl sites for hydroxylation is 1. The first-order chi connectivity index (χ1) is 10.5. The maximum Gasteiger partial charge on any atom is 0.224 e. The maximum atomic E-state index is 11.9. The fourth-order valence-electron chi connectivity index (χ4n) is 2.37. The van der Waals surface area contributed by atoms with Crippen LogP contribution in [0.3, 0.4) is 0 Å². The number of carbonyl (C=O) groups excluding carboxylic acids is 1. The standard InChI is InChI=1S/C19H20ClNO/c1-4-7-19(22)21-18-11-10-15(20)12-17(18)14(3)16-9-6-5-8-13(16)2/h5-6,8-12H,3-4,7H2,1-2H3,(H,21,22). The predicted molar refractivity (Wildman–Crippen MR) is 94.3 cm³/mol. The molecule has 3 heteroatoms. The molecule has 0 saturated heterocycles. The molecule has 1 N–H and O–H groups in total. The summed E-state index contributed by atoms with van der Waals surface area (Å²) >= 11 is 6.13. The van der Waals surface area contributed by atoms with Gasteiger partial charge in [-0.15, -0.1) is 0 Å². The lowest BCUT2D eigenvalue weighted by Crippen LogP contribution is -2.12. The van der Waals surface area contributed by atoms with E-state index in [-0.39, 0.29) is 5.91 Å². The molecule has 0 aliphatic carbocycles. The Labute approximate surface area is 136 Å². The Morgan fingerprint density at radius 2 is 1.91 bits per heavy atom. The Morgan fingerprint density at radius 1 is 1.18 bits per heavy atom. The SMILES string of the molecule is C=C(c1ccccc1C)c1cc(Cl)ccc1NC(=O)CCC. The number of nitrogens with one attached hydrogen (secondary N) is 1. The number of hydrogen-bond donors (Lipinski definition) is 1. The molecule has 1 amide bonds. The first-order valence-electron chi connectivity index (χ1n) is 7.37. The first-order valence-corrected chi connectivity index (χ1v) is 7.75. The summed E-state index contributed by atoms with van der Waals surface area (Å²) in [5.41, 5.74) is 4.64. The molecule has 0 fully saturated rings. The van der Waals surface area contributed by atoms with Gasteiger partial charge in [0.05, 0.1) is 0 Å². The van der Waals surface area contributed by atoms with Gasteiger partial charge < -0.3 is 5.32 Å². The Bertz CT molecular complexity index is 706. The highest BCUT2D eigenvalue weighted by Gasteiger charge is 2.12. The molecule has 0 radical (unpaired) electrons. The summed E-state index contributed by atoms with van der Waals surface area (Å²) in [5, 5.41) is 3.57. The zero-order valence-corrected chi connectivity index (χ0v) is 13.7. The summed E-state index contributed by atoms with van der Waals surface area (Å²) in [6.07, 6.45) is 1.31. The molecule has 114 valence electrons. The van der Waals surface area contributed by atoms with Crippen molar-refractivity contribution in [3.8, 4) is 0 Å². The molecule has 2 rings (SSSR count). The van der Waals surface area contributed by atoms with E-state index in [2.05, 4.69) is 11.9 Å². The van der Waals surface area contributed by atoms with Crippen LogP contribution in [0.5, 0.6) is 0 Å². The van der Waals surface area contributed by atoms with Crippen molar-refractivity contribution in [3.05, 3.63) is 70.8 Å². The lowest BCUT2D eigenvalue weighted by molar-refractivity contribution is -0.116. The number of hydrogen-bond acceptors (Lipinski definition) is 1. The number of carbonyl (C=O) groups is 1. The zero-order valence-electron chi connectivity index (χ0n) is 12.9. The predicted octanol–water partition coefficient (Wildman–Crippen LogP) is 5.45. The highest BCUT2D eigenvalue weighted by Crippen LogP contribution is 2.32. The number of anilines is 1. The average molecular weight is 314 g/mol. The highest BCUT2D eigenvalue weighted by molar-refractivity contribution is 6.31. The van der Waals surface area contributed by atoms with Gasteiger partial charge in [-0.1, -0.05) is 49.4 Å². The summed E-state index contributed by atoms with van der Waals surface area (Å²) < 4.78 is 0. The van der Waals surface area contributed by atoms with E-state index in [1.54, 1.807) is 6.07 Å². The highest BCUT2D eigenvalue weighted by atomic mass is 35.5. The van der Waals surface area contributed by atoms with Crippen LogP contribution in [0.2, 0.25) is 5.02 Å². The molecule has 0 saturated carbocycles. The van der Waals surface area contributed by atoms with Gasteiger partial charge in [-0.3, -0.25) is 4.79 Å². The van der Waals surface area contributed by atoms with E-state index in [0.717, 1.165) is 34.4 Å². The quantitative estimate of drug-likeness (QED) is 0.781. The van der Waals surface area contributed by atoms with E-state index in [1.807, 2.05) is 50.2 Å². The lowest BCUT2D eigenvalue weighted by atomic mass is 9.94. The Morgan fingerprint density at radius 3 is 2.59 bits per heavy atom. The van der Waals surface area contributed by atoms with Gasteiger partial charge in [0.15, 0.2) is 0 Å². The van der Waals surface area contributed by atoms with Crippen molar-refractivity contribution in [1.82, 2.24) is 0 Å². The molecule has 0 bridgehead atoms. The molecule has 0 heterocycles. The normalized spacial score (nSPS) is 10.3. The summed E-state index contributed by atoms with van der Waals surface area (Å²) in [4.78, 5) is 11.9. The number of benzene rings is 2. The van der Waals surface area contributed by atoms with E-state index in [0.29, 0.717) is 11.4 Å². The maximum absolute atomic E-state index is 11.9. The van der Waals surface area contributed by atoms with Gasteiger partial charge in [-0.2, -0.15) is 0 Å². The first kappa shape index (κ1) is 16.3. The molecule has 0 spiro atoms. The fraction of sp³-hybridized carbons (Fsp3) is 0.211. The molecular formula is C19H20ClNO. The van der Waals surface area contributed by atoms with Crippen LogP contribution in [0.4, 0.5) is 5.69 Å². The van der Waals surface area contributed by atoms with E-state index in [9.17, 15) is 4.79 Å². The second kappa shape index (κ2) is 7.28. The van der Waals surface area contributed by atoms with Gasteiger partial charge in [0.1, 0.15) is 0 Å². The van der Waals surface area contributed by atoms with Crippen LogP contribution < -0.4 is 5.32 Å². The molecule has 22 heavy (non-hydrogen) atoms. The second-order valence-electron chi connectivity index (χ2n) is 5.28. The van der Waals surface area contributed by atoms with Crippen molar-refractivity contribution in [2.24, 2.45) is 0 Å². The van der Waals surface area contributed by atoms with Crippen LogP contribution in [0.15, 0.2) is 49.0 Å². The van der Waals surface area contributed by atoms with E-state index in [1.165, 1.54) is 0 Å². The topological polar surface area (TPSA) is 29.1 Å². The molecule has 0 unspecified atom stereocenters. The Hall–Kier alpha value is -2.06. The molecule has 0 atom stereocenters. The Balaban J connectivity index is 2.41. The van der Waals surface area contributed by atoms with Crippen molar-refractivity contribution in [3.63, 3.8) is 0 Å². The third-order valence-electron chi connectivity index (χ3n) is 3.53. The van der Waals surface area contributed by atoms with Crippen LogP contribution in [-0.2, 0) is 4.79 Å². The minimum Gasteiger partial charge on any atom is -0.326 e. The van der Waals surface area contributed by atoms with Crippen molar-refractivity contribution in [2.45, 2.75) is 26.7 Å². The summed E-state index contributed by atoms with van der Waals surface area (Å²) in [7, 11) is 0. The third-order valence-corrected chi connectivity index (χ3v) is 3.76.